The minimum absolute atomic E-state index is 0.0359. The number of pyridine rings is 1. The number of nitrogens with one attached hydrogen (secondary N) is 1. The van der Waals surface area contributed by atoms with Crippen LogP contribution < -0.4 is 4.72 Å². The van der Waals surface area contributed by atoms with E-state index in [9.17, 15) is 18.3 Å². The zero-order valence-corrected chi connectivity index (χ0v) is 31.0. The van der Waals surface area contributed by atoms with Crippen LogP contribution in [-0.2, 0) is 34.0 Å². The van der Waals surface area contributed by atoms with E-state index < -0.39 is 27.8 Å². The normalized spacial score (nSPS) is 12.4. The lowest BCUT2D eigenvalue weighted by atomic mass is 10.0. The average molecular weight is 735 g/mol. The van der Waals surface area contributed by atoms with Gasteiger partial charge in [-0.25, -0.2) is 18.2 Å². The number of aromatic nitrogens is 2. The van der Waals surface area contributed by atoms with Gasteiger partial charge in [-0.1, -0.05) is 72.8 Å². The second kappa shape index (κ2) is 16.1. The number of hydrogen-bond donors (Lipinski definition) is 2. The molecule has 0 fully saturated rings. The Bertz CT molecular complexity index is 2220. The van der Waals surface area contributed by atoms with Gasteiger partial charge in [-0.15, -0.1) is 11.3 Å². The Morgan fingerprint density at radius 2 is 1.60 bits per heavy atom. The Morgan fingerprint density at radius 1 is 0.885 bits per heavy atom. The first-order valence-corrected chi connectivity index (χ1v) is 19.4. The number of carbonyl (C=O) groups excluding carboxylic acids is 1. The van der Waals surface area contributed by atoms with Crippen LogP contribution >= 0.6 is 11.3 Å². The van der Waals surface area contributed by atoms with Crippen molar-refractivity contribution in [2.75, 3.05) is 17.8 Å². The van der Waals surface area contributed by atoms with Crippen molar-refractivity contribution < 1.29 is 23.1 Å². The summed E-state index contributed by atoms with van der Waals surface area (Å²) in [6, 6.07) is 32.2. The molecule has 52 heavy (non-hydrogen) atoms. The molecule has 6 rings (SSSR count). The predicted octanol–water partition coefficient (Wildman–Crippen LogP) is 8.19. The smallest absolute Gasteiger partial charge is 0.410 e. The quantitative estimate of drug-likeness (QED) is 0.123. The topological polar surface area (TPSA) is 122 Å². The van der Waals surface area contributed by atoms with Crippen LogP contribution in [0.2, 0.25) is 0 Å². The maximum absolute atomic E-state index is 13.2. The van der Waals surface area contributed by atoms with Gasteiger partial charge in [0, 0.05) is 48.4 Å². The van der Waals surface area contributed by atoms with Crippen LogP contribution in [0.25, 0.3) is 10.8 Å². The third-order valence-electron chi connectivity index (χ3n) is 8.38. The Balaban J connectivity index is 1.03. The lowest BCUT2D eigenvalue weighted by Gasteiger charge is -2.29. The highest BCUT2D eigenvalue weighted by Crippen LogP contribution is 2.23. The third-order valence-corrected chi connectivity index (χ3v) is 10.7. The summed E-state index contributed by atoms with van der Waals surface area (Å²) in [4.78, 5) is 23.5. The number of ether oxygens (including phenoxy) is 1. The molecule has 0 spiro atoms. The van der Waals surface area contributed by atoms with Crippen LogP contribution in [0.4, 0.5) is 10.5 Å². The molecule has 2 aromatic heterocycles. The van der Waals surface area contributed by atoms with Crippen molar-refractivity contribution in [1.29, 1.82) is 0 Å². The van der Waals surface area contributed by atoms with Crippen molar-refractivity contribution in [2.24, 2.45) is 0 Å². The van der Waals surface area contributed by atoms with Gasteiger partial charge in [0.1, 0.15) is 5.60 Å². The second-order valence-corrected chi connectivity index (χ2v) is 16.3. The Hall–Kier alpha value is -5.10. The summed E-state index contributed by atoms with van der Waals surface area (Å²) < 4.78 is 34.7. The van der Waals surface area contributed by atoms with Crippen LogP contribution in [0.15, 0.2) is 126 Å². The monoisotopic (exact) mass is 734 g/mol. The molecule has 1 atom stereocenters. The number of fused-ring (bicyclic) bond motifs is 1. The fourth-order valence-corrected chi connectivity index (χ4v) is 7.61. The average Bonchev–Trinajstić information content (AvgIpc) is 3.56. The predicted molar refractivity (Wildman–Crippen MR) is 206 cm³/mol. The highest BCUT2D eigenvalue weighted by Gasteiger charge is 2.25. The van der Waals surface area contributed by atoms with Crippen LogP contribution in [-0.4, -0.2) is 53.2 Å². The maximum Gasteiger partial charge on any atom is 0.410 e. The molecule has 0 aliphatic heterocycles. The van der Waals surface area contributed by atoms with Crippen molar-refractivity contribution in [3.8, 4) is 0 Å². The van der Waals surface area contributed by atoms with Crippen molar-refractivity contribution in [2.45, 2.75) is 56.6 Å². The van der Waals surface area contributed by atoms with Gasteiger partial charge >= 0.3 is 6.09 Å². The van der Waals surface area contributed by atoms with Gasteiger partial charge in [-0.3, -0.25) is 9.71 Å². The number of amides is 1. The van der Waals surface area contributed by atoms with Crippen LogP contribution in [0, 0.1) is 0 Å². The SMILES string of the molecule is CC(C)(C)OC(=O)N(CCc1ccc(NS(=O)(=O)c2ccc(Cc3nc(Cc4ccc5ccccc5c4)cs3)cc2)cc1)C[C@H](O)c1cccnc1. The summed E-state index contributed by atoms with van der Waals surface area (Å²) in [5, 5.41) is 16.3. The Kier molecular flexibility index (Phi) is 11.3. The minimum atomic E-state index is -3.82. The van der Waals surface area contributed by atoms with Gasteiger partial charge in [-0.2, -0.15) is 0 Å². The summed E-state index contributed by atoms with van der Waals surface area (Å²) in [5.41, 5.74) is 4.42. The number of aliphatic hydroxyl groups is 1. The van der Waals surface area contributed by atoms with Crippen molar-refractivity contribution >= 4 is 43.9 Å². The molecule has 4 aromatic carbocycles. The summed E-state index contributed by atoms with van der Waals surface area (Å²) in [5.74, 6) is 0. The van der Waals surface area contributed by atoms with E-state index in [1.54, 1.807) is 80.9 Å². The number of thiazole rings is 1. The standard InChI is InChI=1S/C41H42N4O5S2/c1-41(2,3)50-40(47)45(27-38(46)34-9-6-21-42-26-34)22-20-29-11-16-35(17-12-29)44-52(48,49)37-18-13-30(14-19-37)25-39-43-36(28-51-39)24-31-10-15-32-7-4-5-8-33(32)23-31/h4-19,21,23,26,28,38,44,46H,20,22,24-25,27H2,1-3H3/t38-/m0/s1. The van der Waals surface area contributed by atoms with E-state index in [2.05, 4.69) is 45.4 Å². The first kappa shape index (κ1) is 36.7. The summed E-state index contributed by atoms with van der Waals surface area (Å²) in [7, 11) is -3.82. The molecule has 0 saturated heterocycles. The Morgan fingerprint density at radius 3 is 2.31 bits per heavy atom. The number of anilines is 1. The van der Waals surface area contributed by atoms with Gasteiger partial charge in [0.2, 0.25) is 0 Å². The van der Waals surface area contributed by atoms with E-state index in [0.717, 1.165) is 28.2 Å². The van der Waals surface area contributed by atoms with Crippen LogP contribution in [0.5, 0.6) is 0 Å². The molecule has 0 aliphatic carbocycles. The lowest BCUT2D eigenvalue weighted by Crippen LogP contribution is -2.40. The molecule has 0 saturated carbocycles. The van der Waals surface area contributed by atoms with Crippen molar-refractivity contribution in [3.63, 3.8) is 0 Å². The Labute approximate surface area is 309 Å². The molecule has 0 unspecified atom stereocenters. The zero-order chi connectivity index (χ0) is 36.7. The van der Waals surface area contributed by atoms with E-state index in [1.165, 1.54) is 21.2 Å². The van der Waals surface area contributed by atoms with Gasteiger partial charge in [0.15, 0.2) is 0 Å². The number of sulfonamides is 1. The summed E-state index contributed by atoms with van der Waals surface area (Å²) in [6.45, 7) is 5.70. The fraction of sp³-hybridized carbons (Fsp3) is 0.244. The van der Waals surface area contributed by atoms with E-state index in [-0.39, 0.29) is 18.0 Å². The van der Waals surface area contributed by atoms with E-state index in [4.69, 9.17) is 9.72 Å². The molecule has 0 aliphatic rings. The maximum atomic E-state index is 13.2. The molecule has 6 aromatic rings. The first-order chi connectivity index (χ1) is 24.9. The highest BCUT2D eigenvalue weighted by atomic mass is 32.2. The molecule has 9 nitrogen and oxygen atoms in total. The molecular formula is C41H42N4O5S2. The number of hydrogen-bond acceptors (Lipinski definition) is 8. The first-order valence-electron chi connectivity index (χ1n) is 17.1. The highest BCUT2D eigenvalue weighted by molar-refractivity contribution is 7.92. The van der Waals surface area contributed by atoms with E-state index in [1.807, 2.05) is 36.4 Å². The molecule has 1 amide bonds. The second-order valence-electron chi connectivity index (χ2n) is 13.7. The zero-order valence-electron chi connectivity index (χ0n) is 29.4. The number of rotatable bonds is 13. The molecule has 268 valence electrons. The molecule has 2 heterocycles. The van der Waals surface area contributed by atoms with Crippen LogP contribution in [0.3, 0.4) is 0 Å². The van der Waals surface area contributed by atoms with E-state index in [0.29, 0.717) is 24.1 Å². The largest absolute Gasteiger partial charge is 0.444 e. The van der Waals surface area contributed by atoms with Gasteiger partial charge in [0.05, 0.1) is 28.2 Å². The molecule has 0 bridgehead atoms. The number of benzene rings is 4. The fourth-order valence-electron chi connectivity index (χ4n) is 5.72. The van der Waals surface area contributed by atoms with Gasteiger partial charge in [-0.05, 0) is 85.0 Å². The number of aliphatic hydroxyl groups excluding tert-OH is 1. The van der Waals surface area contributed by atoms with Crippen molar-refractivity contribution in [3.05, 3.63) is 154 Å². The molecule has 0 radical (unpaired) electrons. The van der Waals surface area contributed by atoms with Gasteiger partial charge < -0.3 is 14.7 Å². The molecule has 2 N–H and O–H groups in total. The number of carbonyl (C=O) groups is 1. The summed E-state index contributed by atoms with van der Waals surface area (Å²) in [6.07, 6.45) is 3.57. The minimum Gasteiger partial charge on any atom is -0.444 e. The van der Waals surface area contributed by atoms with Crippen molar-refractivity contribution in [1.82, 2.24) is 14.9 Å². The van der Waals surface area contributed by atoms with E-state index >= 15 is 0 Å². The van der Waals surface area contributed by atoms with Gasteiger partial charge in [0.25, 0.3) is 10.0 Å². The third kappa shape index (κ3) is 10.0. The van der Waals surface area contributed by atoms with Crippen LogP contribution in [0.1, 0.15) is 59.8 Å². The lowest BCUT2D eigenvalue weighted by molar-refractivity contribution is 0.0146. The molecular weight excluding hydrogens is 693 g/mol. The summed E-state index contributed by atoms with van der Waals surface area (Å²) >= 11 is 1.61. The molecule has 11 heteroatoms. The number of nitrogens with zero attached hydrogens (tertiary/aromatic N) is 3.